The molecule has 1 atom stereocenters. The van der Waals surface area contributed by atoms with E-state index in [-0.39, 0.29) is 39.8 Å². The number of carbonyl (C=O) groups is 2. The van der Waals surface area contributed by atoms with Crippen molar-refractivity contribution in [2.24, 2.45) is 0 Å². The van der Waals surface area contributed by atoms with Crippen LogP contribution in [0.2, 0.25) is 0 Å². The number of urea groups is 1. The van der Waals surface area contributed by atoms with Crippen molar-refractivity contribution in [3.63, 3.8) is 0 Å². The number of anilines is 1. The average Bonchev–Trinajstić information content (AvgIpc) is 3.36. The van der Waals surface area contributed by atoms with Gasteiger partial charge in [0.1, 0.15) is 0 Å². The van der Waals surface area contributed by atoms with Crippen molar-refractivity contribution in [2.75, 3.05) is 63.4 Å². The van der Waals surface area contributed by atoms with Gasteiger partial charge < -0.3 is 19.7 Å². The number of piperidine rings is 1. The molecule has 1 aromatic heterocycles. The highest BCUT2D eigenvalue weighted by Gasteiger charge is 2.59. The summed E-state index contributed by atoms with van der Waals surface area (Å²) < 4.78 is 40.4. The molecule has 0 unspecified atom stereocenters. The van der Waals surface area contributed by atoms with E-state index in [1.54, 1.807) is 42.2 Å². The van der Waals surface area contributed by atoms with Crippen LogP contribution in [0.1, 0.15) is 36.5 Å². The number of pyridine rings is 1. The fourth-order valence-electron chi connectivity index (χ4n) is 7.35. The van der Waals surface area contributed by atoms with Crippen molar-refractivity contribution in [2.45, 2.75) is 42.3 Å². The maximum Gasteiger partial charge on any atom is 0.318 e. The number of rotatable bonds is 8. The van der Waals surface area contributed by atoms with Crippen molar-refractivity contribution < 1.29 is 27.5 Å². The van der Waals surface area contributed by atoms with E-state index in [4.69, 9.17) is 9.47 Å². The molecule has 49 heavy (non-hydrogen) atoms. The first kappa shape index (κ1) is 33.0. The van der Waals surface area contributed by atoms with E-state index in [2.05, 4.69) is 26.2 Å². The Hall–Kier alpha value is -4.55. The van der Waals surface area contributed by atoms with E-state index in [0.29, 0.717) is 25.2 Å². The molecule has 0 bridgehead atoms. The fraction of sp³-hybridized carbons (Fsp3) is 0.429. The fourth-order valence-corrected chi connectivity index (χ4v) is 8.83. The summed E-state index contributed by atoms with van der Waals surface area (Å²) in [4.78, 5) is 40.2. The van der Waals surface area contributed by atoms with Crippen LogP contribution in [-0.2, 0) is 25.1 Å². The highest BCUT2D eigenvalue weighted by molar-refractivity contribution is 7.93. The molecule has 0 aliphatic carbocycles. The highest BCUT2D eigenvalue weighted by Crippen LogP contribution is 2.49. The van der Waals surface area contributed by atoms with Gasteiger partial charge in [0.2, 0.25) is 5.88 Å². The second-order valence-electron chi connectivity index (χ2n) is 12.7. The number of likely N-dealkylation sites (tertiary alicyclic amines) is 1. The monoisotopic (exact) mass is 685 g/mol. The van der Waals surface area contributed by atoms with E-state index in [9.17, 15) is 23.3 Å². The Labute approximate surface area is 286 Å². The number of hydrogen-bond acceptors (Lipinski definition) is 10. The van der Waals surface area contributed by atoms with Crippen LogP contribution in [0.15, 0.2) is 71.8 Å². The Morgan fingerprint density at radius 3 is 2.31 bits per heavy atom. The normalized spacial score (nSPS) is 22.3. The number of aromatic nitrogens is 1. The van der Waals surface area contributed by atoms with Gasteiger partial charge in [-0.25, -0.2) is 18.2 Å². The molecule has 13 nitrogen and oxygen atoms in total. The summed E-state index contributed by atoms with van der Waals surface area (Å²) in [6, 6.07) is 17.6. The summed E-state index contributed by atoms with van der Waals surface area (Å²) in [6.45, 7) is 8.43. The van der Waals surface area contributed by atoms with E-state index < -0.39 is 27.5 Å². The third-order valence-corrected chi connectivity index (χ3v) is 11.8. The number of ether oxygens (including phenoxy) is 2. The third kappa shape index (κ3) is 5.80. The highest BCUT2D eigenvalue weighted by atomic mass is 32.2. The Balaban J connectivity index is 1.22. The van der Waals surface area contributed by atoms with Gasteiger partial charge in [-0.1, -0.05) is 18.2 Å². The Morgan fingerprint density at radius 2 is 1.67 bits per heavy atom. The molecule has 14 heteroatoms. The average molecular weight is 686 g/mol. The van der Waals surface area contributed by atoms with Gasteiger partial charge in [-0.05, 0) is 62.2 Å². The summed E-state index contributed by atoms with van der Waals surface area (Å²) in [7, 11) is -4.45. The van der Waals surface area contributed by atoms with Gasteiger partial charge in [-0.3, -0.25) is 14.6 Å². The van der Waals surface area contributed by atoms with Crippen LogP contribution < -0.4 is 14.4 Å². The van der Waals surface area contributed by atoms with E-state index in [1.807, 2.05) is 0 Å². The molecule has 3 aromatic rings. The quantitative estimate of drug-likeness (QED) is 0.375. The number of piperazine rings is 1. The van der Waals surface area contributed by atoms with Gasteiger partial charge in [0.25, 0.3) is 15.9 Å². The molecule has 0 radical (unpaired) electrons. The van der Waals surface area contributed by atoms with Gasteiger partial charge >= 0.3 is 6.03 Å². The number of benzene rings is 2. The van der Waals surface area contributed by atoms with Crippen molar-refractivity contribution in [1.29, 1.82) is 5.26 Å². The van der Waals surface area contributed by atoms with E-state index in [1.165, 1.54) is 36.5 Å². The number of nitrogens with zero attached hydrogens (tertiary/aromatic N) is 6. The first-order valence-corrected chi connectivity index (χ1v) is 18.1. The zero-order valence-electron chi connectivity index (χ0n) is 27.3. The van der Waals surface area contributed by atoms with Crippen molar-refractivity contribution >= 4 is 27.6 Å². The summed E-state index contributed by atoms with van der Waals surface area (Å²) >= 11 is 0. The second kappa shape index (κ2) is 13.4. The minimum Gasteiger partial charge on any atom is -0.478 e. The van der Waals surface area contributed by atoms with Crippen molar-refractivity contribution in [1.82, 2.24) is 25.0 Å². The Bertz CT molecular complexity index is 1870. The van der Waals surface area contributed by atoms with Gasteiger partial charge in [-0.15, -0.1) is 0 Å². The molecule has 4 aliphatic rings. The van der Waals surface area contributed by atoms with Crippen molar-refractivity contribution in [3.05, 3.63) is 83.6 Å². The smallest absolute Gasteiger partial charge is 0.318 e. The molecule has 1 N–H and O–H groups in total. The second-order valence-corrected chi connectivity index (χ2v) is 14.5. The standard InChI is InChI=1S/C35H39N7O6S/c1-2-48-32-29(9-6-14-37-32)35(38-34(44)41-15-12-26(13-16-41)39-17-19-40(20-18-39)27-23-47-24-27)30-21-25(22-36)10-11-31(30)42(33(35)43)49(45,46)28-7-4-3-5-8-28/h3-11,14,21,26-27H,2,12-13,15-20,23-24H2,1H3,(H,38,44)/t35-/m1/s1. The summed E-state index contributed by atoms with van der Waals surface area (Å²) in [5, 5.41) is 12.9. The van der Waals surface area contributed by atoms with Crippen LogP contribution in [-0.4, -0.2) is 111 Å². The number of sulfonamides is 1. The topological polar surface area (TPSA) is 148 Å². The van der Waals surface area contributed by atoms with Gasteiger partial charge in [0, 0.05) is 57.1 Å². The molecule has 256 valence electrons. The molecule has 2 aromatic carbocycles. The number of fused-ring (bicyclic) bond motifs is 1. The molecule has 3 saturated heterocycles. The van der Waals surface area contributed by atoms with Crippen LogP contribution in [0.25, 0.3) is 0 Å². The first-order chi connectivity index (χ1) is 23.8. The number of amides is 3. The lowest BCUT2D eigenvalue weighted by molar-refractivity contribution is -0.121. The Kier molecular flexibility index (Phi) is 9.01. The summed E-state index contributed by atoms with van der Waals surface area (Å²) in [5.41, 5.74) is -1.54. The molecule has 3 amide bonds. The van der Waals surface area contributed by atoms with E-state index >= 15 is 0 Å². The Morgan fingerprint density at radius 1 is 0.980 bits per heavy atom. The lowest BCUT2D eigenvalue weighted by Gasteiger charge is -2.46. The van der Waals surface area contributed by atoms with Crippen LogP contribution in [0.3, 0.4) is 0 Å². The lowest BCUT2D eigenvalue weighted by atomic mass is 9.83. The molecule has 4 aliphatic heterocycles. The predicted octanol–water partition coefficient (Wildman–Crippen LogP) is 2.52. The van der Waals surface area contributed by atoms with Gasteiger partial charge in [0.05, 0.1) is 53.6 Å². The summed E-state index contributed by atoms with van der Waals surface area (Å²) in [5.74, 6) is -0.856. The zero-order valence-corrected chi connectivity index (χ0v) is 28.1. The molecule has 0 saturated carbocycles. The maximum absolute atomic E-state index is 15.0. The van der Waals surface area contributed by atoms with Crippen molar-refractivity contribution in [3.8, 4) is 11.9 Å². The van der Waals surface area contributed by atoms with Gasteiger partial charge in [0.15, 0.2) is 5.54 Å². The summed E-state index contributed by atoms with van der Waals surface area (Å²) in [6.07, 6.45) is 3.03. The number of nitriles is 1. The SMILES string of the molecule is CCOc1ncccc1[C@]1(NC(=O)N2CCC(N3CCN(C4COC4)CC3)CC2)C(=O)N(S(=O)(=O)c2ccccc2)c2ccc(C#N)cc21. The molecular formula is C35H39N7O6S. The lowest BCUT2D eigenvalue weighted by Crippen LogP contribution is -2.61. The minimum absolute atomic E-state index is 0.0331. The molecule has 7 rings (SSSR count). The van der Waals surface area contributed by atoms with Crippen LogP contribution in [0, 0.1) is 11.3 Å². The zero-order chi connectivity index (χ0) is 34.2. The van der Waals surface area contributed by atoms with Gasteiger partial charge in [-0.2, -0.15) is 9.57 Å². The maximum atomic E-state index is 15.0. The van der Waals surface area contributed by atoms with Crippen LogP contribution >= 0.6 is 0 Å². The van der Waals surface area contributed by atoms with Crippen LogP contribution in [0.4, 0.5) is 10.5 Å². The molecular weight excluding hydrogens is 646 g/mol. The number of nitrogens with one attached hydrogen (secondary N) is 1. The number of carbonyl (C=O) groups excluding carboxylic acids is 2. The molecule has 3 fully saturated rings. The number of hydrogen-bond donors (Lipinski definition) is 1. The molecule has 5 heterocycles. The predicted molar refractivity (Wildman–Crippen MR) is 179 cm³/mol. The minimum atomic E-state index is -4.45. The largest absolute Gasteiger partial charge is 0.478 e. The van der Waals surface area contributed by atoms with E-state index in [0.717, 1.165) is 56.5 Å². The van der Waals surface area contributed by atoms with Crippen LogP contribution in [0.5, 0.6) is 5.88 Å². The third-order valence-electron chi connectivity index (χ3n) is 10.0. The first-order valence-electron chi connectivity index (χ1n) is 16.7. The molecule has 0 spiro atoms.